The molecule has 1 heterocycles. The summed E-state index contributed by atoms with van der Waals surface area (Å²) in [5.41, 5.74) is 0.645. The maximum Gasteiger partial charge on any atom is 0.254 e. The van der Waals surface area contributed by atoms with E-state index in [1.807, 2.05) is 35.2 Å². The third-order valence-corrected chi connectivity index (χ3v) is 3.98. The van der Waals surface area contributed by atoms with Gasteiger partial charge in [-0.3, -0.25) is 4.79 Å². The summed E-state index contributed by atoms with van der Waals surface area (Å²) in [5.74, 6) is 0.785. The molecule has 0 aliphatic carbocycles. The van der Waals surface area contributed by atoms with E-state index in [0.717, 1.165) is 25.1 Å². The van der Waals surface area contributed by atoms with E-state index in [-0.39, 0.29) is 11.4 Å². The van der Waals surface area contributed by atoms with Gasteiger partial charge in [0.15, 0.2) is 0 Å². The van der Waals surface area contributed by atoms with Gasteiger partial charge < -0.3 is 10.2 Å². The lowest BCUT2D eigenvalue weighted by atomic mass is 9.93. The summed E-state index contributed by atoms with van der Waals surface area (Å²) in [4.78, 5) is 14.8. The van der Waals surface area contributed by atoms with Gasteiger partial charge >= 0.3 is 0 Å². The molecular weight excluding hydrogens is 248 g/mol. The summed E-state index contributed by atoms with van der Waals surface area (Å²) in [6, 6.07) is 10.00. The molecule has 1 atom stereocenters. The van der Waals surface area contributed by atoms with Crippen LogP contribution in [0, 0.1) is 5.92 Å². The van der Waals surface area contributed by atoms with Gasteiger partial charge in [0.1, 0.15) is 0 Å². The van der Waals surface area contributed by atoms with Crippen LogP contribution in [-0.2, 0) is 0 Å². The second kappa shape index (κ2) is 5.96. The maximum atomic E-state index is 12.7. The Morgan fingerprint density at radius 3 is 2.60 bits per heavy atom. The number of nitrogens with zero attached hydrogens (tertiary/aromatic N) is 1. The van der Waals surface area contributed by atoms with Crippen molar-refractivity contribution in [3.8, 4) is 0 Å². The van der Waals surface area contributed by atoms with Gasteiger partial charge in [-0.05, 0) is 38.3 Å². The van der Waals surface area contributed by atoms with Gasteiger partial charge in [0.05, 0.1) is 5.54 Å². The highest BCUT2D eigenvalue weighted by Gasteiger charge is 2.37. The van der Waals surface area contributed by atoms with Gasteiger partial charge in [0.2, 0.25) is 0 Å². The molecule has 1 aliphatic rings. The molecule has 1 amide bonds. The summed E-state index contributed by atoms with van der Waals surface area (Å²) >= 11 is 0. The van der Waals surface area contributed by atoms with E-state index in [4.69, 9.17) is 0 Å². The quantitative estimate of drug-likeness (QED) is 0.919. The Kier molecular flexibility index (Phi) is 4.48. The van der Waals surface area contributed by atoms with Crippen molar-refractivity contribution in [3.63, 3.8) is 0 Å². The Morgan fingerprint density at radius 1 is 1.35 bits per heavy atom. The highest BCUT2D eigenvalue weighted by atomic mass is 16.2. The Balaban J connectivity index is 2.15. The predicted octanol–water partition coefficient (Wildman–Crippen LogP) is 2.93. The first-order chi connectivity index (χ1) is 9.40. The van der Waals surface area contributed by atoms with Crippen LogP contribution in [0.15, 0.2) is 30.3 Å². The van der Waals surface area contributed by atoms with Crippen LogP contribution in [0.4, 0.5) is 0 Å². The fourth-order valence-corrected chi connectivity index (χ4v) is 2.84. The zero-order valence-corrected chi connectivity index (χ0v) is 13.0. The Morgan fingerprint density at radius 2 is 2.00 bits per heavy atom. The lowest BCUT2D eigenvalue weighted by Gasteiger charge is -2.46. The molecule has 20 heavy (non-hydrogen) atoms. The molecule has 1 fully saturated rings. The van der Waals surface area contributed by atoms with Gasteiger partial charge in [-0.25, -0.2) is 0 Å². The fraction of sp³-hybridized carbons (Fsp3) is 0.588. The van der Waals surface area contributed by atoms with Crippen molar-refractivity contribution in [1.29, 1.82) is 0 Å². The number of piperazine rings is 1. The fourth-order valence-electron chi connectivity index (χ4n) is 2.84. The van der Waals surface area contributed by atoms with Crippen LogP contribution in [0.3, 0.4) is 0 Å². The average Bonchev–Trinajstić information content (AvgIpc) is 2.40. The SMILES string of the molecule is CC(C)CC1CN(C(=O)c2ccccc2)C(C)(C)CN1. The van der Waals surface area contributed by atoms with Crippen molar-refractivity contribution < 1.29 is 4.79 Å². The number of hydrogen-bond donors (Lipinski definition) is 1. The molecule has 1 N–H and O–H groups in total. The number of carbonyl (C=O) groups is 1. The largest absolute Gasteiger partial charge is 0.331 e. The molecule has 0 bridgehead atoms. The number of amides is 1. The van der Waals surface area contributed by atoms with E-state index in [0.29, 0.717) is 12.0 Å². The predicted molar refractivity (Wildman–Crippen MR) is 82.8 cm³/mol. The van der Waals surface area contributed by atoms with E-state index in [1.54, 1.807) is 0 Å². The standard InChI is InChI=1S/C17H26N2O/c1-13(2)10-15-11-19(17(3,4)12-18-15)16(20)14-8-6-5-7-9-14/h5-9,13,15,18H,10-12H2,1-4H3. The zero-order valence-electron chi connectivity index (χ0n) is 13.0. The molecule has 3 nitrogen and oxygen atoms in total. The van der Waals surface area contributed by atoms with Crippen molar-refractivity contribution in [1.82, 2.24) is 10.2 Å². The van der Waals surface area contributed by atoms with Crippen molar-refractivity contribution in [3.05, 3.63) is 35.9 Å². The van der Waals surface area contributed by atoms with Crippen molar-refractivity contribution in [2.75, 3.05) is 13.1 Å². The van der Waals surface area contributed by atoms with Crippen LogP contribution >= 0.6 is 0 Å². The van der Waals surface area contributed by atoms with Gasteiger partial charge in [-0.15, -0.1) is 0 Å². The third kappa shape index (κ3) is 3.40. The first kappa shape index (κ1) is 15.0. The molecule has 3 heteroatoms. The number of benzene rings is 1. The third-order valence-electron chi connectivity index (χ3n) is 3.98. The molecule has 1 aliphatic heterocycles. The van der Waals surface area contributed by atoms with Crippen molar-refractivity contribution >= 4 is 5.91 Å². The smallest absolute Gasteiger partial charge is 0.254 e. The summed E-state index contributed by atoms with van der Waals surface area (Å²) in [6.07, 6.45) is 1.11. The van der Waals surface area contributed by atoms with Crippen LogP contribution in [0.25, 0.3) is 0 Å². The summed E-state index contributed by atoms with van der Waals surface area (Å²) in [7, 11) is 0. The van der Waals surface area contributed by atoms with Gasteiger partial charge in [0, 0.05) is 24.7 Å². The average molecular weight is 274 g/mol. The van der Waals surface area contributed by atoms with E-state index < -0.39 is 0 Å². The first-order valence-electron chi connectivity index (χ1n) is 7.50. The van der Waals surface area contributed by atoms with Gasteiger partial charge in [0.25, 0.3) is 5.91 Å². The minimum absolute atomic E-state index is 0.138. The highest BCUT2D eigenvalue weighted by Crippen LogP contribution is 2.23. The highest BCUT2D eigenvalue weighted by molar-refractivity contribution is 5.94. The monoisotopic (exact) mass is 274 g/mol. The maximum absolute atomic E-state index is 12.7. The number of hydrogen-bond acceptors (Lipinski definition) is 2. The molecule has 2 rings (SSSR count). The second-order valence-corrected chi connectivity index (χ2v) is 6.80. The van der Waals surface area contributed by atoms with Crippen LogP contribution in [0.2, 0.25) is 0 Å². The minimum atomic E-state index is -0.138. The van der Waals surface area contributed by atoms with Crippen LogP contribution in [0.1, 0.15) is 44.5 Å². The van der Waals surface area contributed by atoms with Gasteiger partial charge in [-0.1, -0.05) is 32.0 Å². The Bertz CT molecular complexity index is 453. The van der Waals surface area contributed by atoms with E-state index >= 15 is 0 Å². The molecule has 0 aromatic heterocycles. The summed E-state index contributed by atoms with van der Waals surface area (Å²) in [5, 5.41) is 3.58. The molecule has 0 radical (unpaired) electrons. The first-order valence-corrected chi connectivity index (χ1v) is 7.50. The molecule has 1 saturated heterocycles. The van der Waals surface area contributed by atoms with Crippen molar-refractivity contribution in [2.24, 2.45) is 5.92 Å². The number of rotatable bonds is 3. The molecule has 1 aromatic carbocycles. The zero-order chi connectivity index (χ0) is 14.8. The van der Waals surface area contributed by atoms with Crippen LogP contribution < -0.4 is 5.32 Å². The van der Waals surface area contributed by atoms with Crippen molar-refractivity contribution in [2.45, 2.75) is 45.7 Å². The normalized spacial score (nSPS) is 22.1. The molecule has 0 saturated carbocycles. The van der Waals surface area contributed by atoms with Crippen LogP contribution in [0.5, 0.6) is 0 Å². The van der Waals surface area contributed by atoms with E-state index in [1.165, 1.54) is 0 Å². The molecule has 0 spiro atoms. The number of carbonyl (C=O) groups excluding carboxylic acids is 1. The molecule has 1 unspecified atom stereocenters. The van der Waals surface area contributed by atoms with Crippen LogP contribution in [-0.4, -0.2) is 35.5 Å². The van der Waals surface area contributed by atoms with E-state index in [9.17, 15) is 4.79 Å². The number of nitrogens with one attached hydrogen (secondary N) is 1. The Labute approximate surface area is 122 Å². The lowest BCUT2D eigenvalue weighted by molar-refractivity contribution is 0.0377. The molecule has 1 aromatic rings. The molecular formula is C17H26N2O. The summed E-state index contributed by atoms with van der Waals surface area (Å²) < 4.78 is 0. The summed E-state index contributed by atoms with van der Waals surface area (Å²) in [6.45, 7) is 10.4. The Hall–Kier alpha value is -1.35. The van der Waals surface area contributed by atoms with E-state index in [2.05, 4.69) is 33.0 Å². The topological polar surface area (TPSA) is 32.3 Å². The molecule has 110 valence electrons. The lowest BCUT2D eigenvalue weighted by Crippen LogP contribution is -2.63. The second-order valence-electron chi connectivity index (χ2n) is 6.80. The van der Waals surface area contributed by atoms with Gasteiger partial charge in [-0.2, -0.15) is 0 Å². The minimum Gasteiger partial charge on any atom is -0.331 e.